The number of non-ortho nitro benzene ring substituents is 1. The number of rotatable bonds is 4. The van der Waals surface area contributed by atoms with E-state index in [1.807, 2.05) is 0 Å². The predicted octanol–water partition coefficient (Wildman–Crippen LogP) is 2.12. The highest BCUT2D eigenvalue weighted by atomic mass is 32.2. The van der Waals surface area contributed by atoms with Gasteiger partial charge in [0.1, 0.15) is 0 Å². The molecule has 0 unspecified atom stereocenters. The van der Waals surface area contributed by atoms with Crippen LogP contribution >= 0.6 is 0 Å². The lowest BCUT2D eigenvalue weighted by molar-refractivity contribution is -0.384. The fraction of sp³-hybridized carbons (Fsp3) is 0.571. The molecule has 1 saturated heterocycles. The van der Waals surface area contributed by atoms with Gasteiger partial charge in [-0.05, 0) is 30.9 Å². The summed E-state index contributed by atoms with van der Waals surface area (Å²) in [6.07, 6.45) is 2.28. The number of nitrogens with zero attached hydrogens (tertiary/aromatic N) is 1. The Bertz CT molecular complexity index is 656. The number of fused-ring (bicyclic) bond motifs is 1. The molecule has 0 bridgehead atoms. The van der Waals surface area contributed by atoms with Gasteiger partial charge in [-0.3, -0.25) is 14.3 Å². The van der Waals surface area contributed by atoms with E-state index in [4.69, 9.17) is 8.92 Å². The highest BCUT2D eigenvalue weighted by Gasteiger charge is 2.40. The summed E-state index contributed by atoms with van der Waals surface area (Å²) in [6, 6.07) is 4.75. The molecule has 0 amide bonds. The molecule has 1 saturated carbocycles. The lowest BCUT2D eigenvalue weighted by Crippen LogP contribution is -2.35. The van der Waals surface area contributed by atoms with Crippen molar-refractivity contribution in [2.24, 2.45) is 11.8 Å². The van der Waals surface area contributed by atoms with E-state index in [1.165, 1.54) is 24.3 Å². The van der Waals surface area contributed by atoms with Gasteiger partial charge in [-0.1, -0.05) is 6.42 Å². The molecule has 1 aliphatic carbocycles. The first-order chi connectivity index (χ1) is 10.5. The van der Waals surface area contributed by atoms with Gasteiger partial charge in [-0.25, -0.2) is 0 Å². The van der Waals surface area contributed by atoms with E-state index in [0.29, 0.717) is 25.6 Å². The van der Waals surface area contributed by atoms with Crippen LogP contribution in [0.15, 0.2) is 29.2 Å². The normalized spacial score (nSPS) is 28.3. The first-order valence-electron chi connectivity index (χ1n) is 7.23. The van der Waals surface area contributed by atoms with Gasteiger partial charge in [0, 0.05) is 24.7 Å². The van der Waals surface area contributed by atoms with Crippen LogP contribution in [0.1, 0.15) is 19.3 Å². The summed E-state index contributed by atoms with van der Waals surface area (Å²) in [5.41, 5.74) is -0.152. The van der Waals surface area contributed by atoms with Crippen molar-refractivity contribution in [3.8, 4) is 0 Å². The summed E-state index contributed by atoms with van der Waals surface area (Å²) in [7, 11) is -3.92. The van der Waals surface area contributed by atoms with Crippen LogP contribution in [0.2, 0.25) is 0 Å². The molecule has 0 radical (unpaired) electrons. The maximum Gasteiger partial charge on any atom is 0.297 e. The average molecular weight is 327 g/mol. The molecule has 0 aromatic heterocycles. The quantitative estimate of drug-likeness (QED) is 0.477. The molecule has 1 aromatic carbocycles. The topological polar surface area (TPSA) is 95.7 Å². The second-order valence-corrected chi connectivity index (χ2v) is 7.30. The van der Waals surface area contributed by atoms with Crippen molar-refractivity contribution in [3.05, 3.63) is 34.4 Å². The average Bonchev–Trinajstić information content (AvgIpc) is 2.96. The van der Waals surface area contributed by atoms with Crippen molar-refractivity contribution in [1.29, 1.82) is 0 Å². The summed E-state index contributed by atoms with van der Waals surface area (Å²) in [6.45, 7) is 1.20. The van der Waals surface area contributed by atoms with Crippen LogP contribution in [0.5, 0.6) is 0 Å². The Morgan fingerprint density at radius 2 is 1.91 bits per heavy atom. The van der Waals surface area contributed by atoms with Crippen molar-refractivity contribution in [1.82, 2.24) is 0 Å². The van der Waals surface area contributed by atoms with Crippen molar-refractivity contribution in [2.45, 2.75) is 30.3 Å². The Labute approximate surface area is 128 Å². The molecule has 0 spiro atoms. The lowest BCUT2D eigenvalue weighted by atomic mass is 9.80. The van der Waals surface area contributed by atoms with Gasteiger partial charge in [0.2, 0.25) is 0 Å². The minimum Gasteiger partial charge on any atom is -0.381 e. The molecule has 8 heteroatoms. The minimum atomic E-state index is -3.92. The first-order valence-corrected chi connectivity index (χ1v) is 8.64. The third-order valence-electron chi connectivity index (χ3n) is 4.38. The Morgan fingerprint density at radius 3 is 2.59 bits per heavy atom. The largest absolute Gasteiger partial charge is 0.381 e. The van der Waals surface area contributed by atoms with Gasteiger partial charge >= 0.3 is 0 Å². The van der Waals surface area contributed by atoms with E-state index in [1.54, 1.807) is 0 Å². The molecule has 2 fully saturated rings. The molecule has 120 valence electrons. The van der Waals surface area contributed by atoms with Gasteiger partial charge < -0.3 is 4.74 Å². The molecule has 0 N–H and O–H groups in total. The van der Waals surface area contributed by atoms with Crippen LogP contribution in [0.4, 0.5) is 5.69 Å². The number of benzene rings is 1. The van der Waals surface area contributed by atoms with E-state index in [9.17, 15) is 18.5 Å². The summed E-state index contributed by atoms with van der Waals surface area (Å²) in [5, 5.41) is 10.6. The third-order valence-corrected chi connectivity index (χ3v) is 5.73. The SMILES string of the molecule is O=[N+]([O-])c1ccc(S(=O)(=O)O[C@@H]2CCC[C@H]3COC[C@H]32)cc1. The molecular formula is C14H17NO6S. The second-order valence-electron chi connectivity index (χ2n) is 5.73. The molecule has 7 nitrogen and oxygen atoms in total. The van der Waals surface area contributed by atoms with Crippen LogP contribution in [0, 0.1) is 22.0 Å². The van der Waals surface area contributed by atoms with Gasteiger partial charge in [0.05, 0.1) is 22.5 Å². The van der Waals surface area contributed by atoms with E-state index in [-0.39, 0.29) is 22.6 Å². The Balaban J connectivity index is 1.76. The second kappa shape index (κ2) is 5.94. The number of hydrogen-bond donors (Lipinski definition) is 0. The molecular weight excluding hydrogens is 310 g/mol. The van der Waals surface area contributed by atoms with Gasteiger partial charge in [0.25, 0.3) is 15.8 Å². The zero-order valence-corrected chi connectivity index (χ0v) is 12.7. The van der Waals surface area contributed by atoms with E-state index in [2.05, 4.69) is 0 Å². The number of nitro groups is 1. The Hall–Kier alpha value is -1.51. The van der Waals surface area contributed by atoms with Gasteiger partial charge in [-0.15, -0.1) is 0 Å². The zero-order valence-electron chi connectivity index (χ0n) is 11.9. The molecule has 1 heterocycles. The van der Waals surface area contributed by atoms with E-state index in [0.717, 1.165) is 12.8 Å². The van der Waals surface area contributed by atoms with Crippen molar-refractivity contribution in [2.75, 3.05) is 13.2 Å². The molecule has 1 aliphatic heterocycles. The zero-order chi connectivity index (χ0) is 15.7. The smallest absolute Gasteiger partial charge is 0.297 e. The molecule has 2 aliphatic rings. The van der Waals surface area contributed by atoms with Gasteiger partial charge in [-0.2, -0.15) is 8.42 Å². The fourth-order valence-corrected chi connectivity index (χ4v) is 4.34. The summed E-state index contributed by atoms with van der Waals surface area (Å²) in [5.74, 6) is 0.479. The fourth-order valence-electron chi connectivity index (χ4n) is 3.19. The minimum absolute atomic E-state index is 0.0564. The highest BCUT2D eigenvalue weighted by molar-refractivity contribution is 7.86. The van der Waals surface area contributed by atoms with Crippen LogP contribution in [0.25, 0.3) is 0 Å². The number of hydrogen-bond acceptors (Lipinski definition) is 6. The number of ether oxygens (including phenoxy) is 1. The standard InChI is InChI=1S/C14H17NO6S/c16-15(17)11-4-6-12(7-5-11)22(18,19)21-14-3-1-2-10-8-20-9-13(10)14/h4-7,10,13-14H,1-3,8-9H2/t10-,13+,14+/m0/s1. The molecule has 1 aromatic rings. The molecule has 3 rings (SSSR count). The maximum atomic E-state index is 12.3. The summed E-state index contributed by atoms with van der Waals surface area (Å²) < 4.78 is 35.5. The highest BCUT2D eigenvalue weighted by Crippen LogP contribution is 2.38. The van der Waals surface area contributed by atoms with E-state index >= 15 is 0 Å². The van der Waals surface area contributed by atoms with Crippen LogP contribution in [-0.2, 0) is 19.0 Å². The molecule has 3 atom stereocenters. The monoisotopic (exact) mass is 327 g/mol. The Kier molecular flexibility index (Phi) is 4.16. The predicted molar refractivity (Wildman–Crippen MR) is 76.8 cm³/mol. The van der Waals surface area contributed by atoms with E-state index < -0.39 is 15.0 Å². The van der Waals surface area contributed by atoms with Crippen LogP contribution in [-0.4, -0.2) is 32.7 Å². The van der Waals surface area contributed by atoms with Crippen LogP contribution in [0.3, 0.4) is 0 Å². The Morgan fingerprint density at radius 1 is 1.18 bits per heavy atom. The third kappa shape index (κ3) is 2.99. The lowest BCUT2D eigenvalue weighted by Gasteiger charge is -2.31. The van der Waals surface area contributed by atoms with Crippen molar-refractivity contribution < 1.29 is 22.3 Å². The van der Waals surface area contributed by atoms with Gasteiger partial charge in [0.15, 0.2) is 0 Å². The maximum absolute atomic E-state index is 12.3. The number of nitro benzene ring substituents is 1. The van der Waals surface area contributed by atoms with Crippen molar-refractivity contribution in [3.63, 3.8) is 0 Å². The summed E-state index contributed by atoms with van der Waals surface area (Å²) in [4.78, 5) is 9.99. The van der Waals surface area contributed by atoms with Crippen molar-refractivity contribution >= 4 is 15.8 Å². The first kappa shape index (κ1) is 15.4. The van der Waals surface area contributed by atoms with Crippen LogP contribution < -0.4 is 0 Å². The molecule has 22 heavy (non-hydrogen) atoms. The summed E-state index contributed by atoms with van der Waals surface area (Å²) >= 11 is 0.